The molecular weight excluding hydrogens is 377 g/mol. The Kier molecular flexibility index (Phi) is 7.30. The molecule has 0 aromatic heterocycles. The lowest BCUT2D eigenvalue weighted by Gasteiger charge is -2.15. The Morgan fingerprint density at radius 1 is 1.08 bits per heavy atom. The van der Waals surface area contributed by atoms with Crippen molar-refractivity contribution in [3.63, 3.8) is 0 Å². The predicted octanol–water partition coefficient (Wildman–Crippen LogP) is 4.64. The lowest BCUT2D eigenvalue weighted by molar-refractivity contribution is -0.153. The third-order valence-corrected chi connectivity index (χ3v) is 4.18. The lowest BCUT2D eigenvalue weighted by Crippen LogP contribution is -2.30. The minimum Gasteiger partial charge on any atom is -0.493 e. The van der Waals surface area contributed by atoms with E-state index in [4.69, 9.17) is 32.7 Å². The number of rotatable bonds is 7. The van der Waals surface area contributed by atoms with Crippen LogP contribution in [0.25, 0.3) is 0 Å². The van der Waals surface area contributed by atoms with Gasteiger partial charge in [-0.05, 0) is 37.6 Å². The summed E-state index contributed by atoms with van der Waals surface area (Å²) < 4.78 is 10.7. The second-order valence-electron chi connectivity index (χ2n) is 5.58. The van der Waals surface area contributed by atoms with Crippen LogP contribution in [0, 0.1) is 6.92 Å². The number of aryl methyl sites for hydroxylation is 1. The van der Waals surface area contributed by atoms with Gasteiger partial charge in [-0.15, -0.1) is 0 Å². The maximum Gasteiger partial charge on any atom is 0.310 e. The first kappa shape index (κ1) is 20.1. The highest BCUT2D eigenvalue weighted by atomic mass is 35.5. The van der Waals surface area contributed by atoms with Gasteiger partial charge in [0.15, 0.2) is 6.10 Å². The zero-order valence-electron chi connectivity index (χ0n) is 14.4. The van der Waals surface area contributed by atoms with Gasteiger partial charge in [-0.2, -0.15) is 0 Å². The first-order valence-electron chi connectivity index (χ1n) is 8.01. The van der Waals surface area contributed by atoms with Crippen molar-refractivity contribution in [2.45, 2.75) is 26.4 Å². The molecule has 0 fully saturated rings. The maximum atomic E-state index is 12.2. The number of carbonyl (C=O) groups excluding carboxylic acids is 2. The third-order valence-electron chi connectivity index (χ3n) is 3.55. The van der Waals surface area contributed by atoms with E-state index in [1.54, 1.807) is 18.2 Å². The van der Waals surface area contributed by atoms with Gasteiger partial charge in [0.1, 0.15) is 5.75 Å². The third kappa shape index (κ3) is 5.64. The van der Waals surface area contributed by atoms with Crippen molar-refractivity contribution < 1.29 is 19.1 Å². The van der Waals surface area contributed by atoms with E-state index in [-0.39, 0.29) is 18.7 Å². The molecule has 0 unspecified atom stereocenters. The average molecular weight is 396 g/mol. The monoisotopic (exact) mass is 395 g/mol. The van der Waals surface area contributed by atoms with E-state index in [9.17, 15) is 9.59 Å². The molecular formula is C19H19Cl2NO4. The Morgan fingerprint density at radius 3 is 2.38 bits per heavy atom. The van der Waals surface area contributed by atoms with Crippen LogP contribution in [0.2, 0.25) is 10.0 Å². The second-order valence-corrected chi connectivity index (χ2v) is 6.40. The molecule has 0 aliphatic heterocycles. The Bertz CT molecular complexity index is 775. The second kappa shape index (κ2) is 9.46. The highest BCUT2D eigenvalue weighted by molar-refractivity contribution is 6.39. The van der Waals surface area contributed by atoms with Crippen LogP contribution in [-0.2, 0) is 14.3 Å². The number of carbonyl (C=O) groups is 2. The van der Waals surface area contributed by atoms with Crippen LogP contribution in [0.1, 0.15) is 18.9 Å². The summed E-state index contributed by atoms with van der Waals surface area (Å²) in [4.78, 5) is 24.0. The summed E-state index contributed by atoms with van der Waals surface area (Å²) in [5.41, 5.74) is 1.26. The molecule has 0 aliphatic rings. The zero-order chi connectivity index (χ0) is 19.1. The fourth-order valence-electron chi connectivity index (χ4n) is 2.11. The van der Waals surface area contributed by atoms with E-state index < -0.39 is 18.0 Å². The lowest BCUT2D eigenvalue weighted by atomic mass is 10.2. The van der Waals surface area contributed by atoms with Crippen molar-refractivity contribution in [1.29, 1.82) is 0 Å². The van der Waals surface area contributed by atoms with Crippen molar-refractivity contribution in [3.05, 3.63) is 58.1 Å². The van der Waals surface area contributed by atoms with E-state index in [0.29, 0.717) is 15.8 Å². The average Bonchev–Trinajstić information content (AvgIpc) is 2.59. The summed E-state index contributed by atoms with van der Waals surface area (Å²) in [6.45, 7) is 3.55. The molecule has 0 saturated heterocycles. The molecule has 2 aromatic carbocycles. The van der Waals surface area contributed by atoms with Gasteiger partial charge in [-0.1, -0.05) is 47.5 Å². The van der Waals surface area contributed by atoms with Gasteiger partial charge in [0, 0.05) is 0 Å². The van der Waals surface area contributed by atoms with Gasteiger partial charge in [-0.3, -0.25) is 9.59 Å². The fraction of sp³-hybridized carbons (Fsp3) is 0.263. The van der Waals surface area contributed by atoms with Crippen LogP contribution in [0.4, 0.5) is 5.69 Å². The summed E-state index contributed by atoms with van der Waals surface area (Å²) >= 11 is 12.0. The topological polar surface area (TPSA) is 64.6 Å². The molecule has 1 atom stereocenters. The Hall–Kier alpha value is -2.24. The molecule has 5 nitrogen and oxygen atoms in total. The summed E-state index contributed by atoms with van der Waals surface area (Å²) in [7, 11) is 0. The van der Waals surface area contributed by atoms with E-state index in [1.165, 1.54) is 6.92 Å². The summed E-state index contributed by atoms with van der Waals surface area (Å²) in [6.07, 6.45) is -0.966. The van der Waals surface area contributed by atoms with E-state index in [0.717, 1.165) is 5.56 Å². The first-order valence-corrected chi connectivity index (χ1v) is 8.77. The van der Waals surface area contributed by atoms with Crippen LogP contribution in [0.5, 0.6) is 5.75 Å². The highest BCUT2D eigenvalue weighted by Crippen LogP contribution is 2.29. The molecule has 0 aliphatic carbocycles. The molecule has 1 N–H and O–H groups in total. The van der Waals surface area contributed by atoms with Gasteiger partial charge in [0.05, 0.1) is 28.8 Å². The minimum atomic E-state index is -0.992. The number of ether oxygens (including phenoxy) is 2. The SMILES string of the molecule is Cc1ccccc1OCCC(=O)O[C@@H](C)C(=O)Nc1c(Cl)cccc1Cl. The summed E-state index contributed by atoms with van der Waals surface area (Å²) in [5, 5.41) is 3.17. The quantitative estimate of drug-likeness (QED) is 0.693. The molecule has 0 bridgehead atoms. The van der Waals surface area contributed by atoms with Gasteiger partial charge in [0.2, 0.25) is 0 Å². The largest absolute Gasteiger partial charge is 0.493 e. The smallest absolute Gasteiger partial charge is 0.310 e. The molecule has 0 spiro atoms. The summed E-state index contributed by atoms with van der Waals surface area (Å²) in [6, 6.07) is 12.4. The fourth-order valence-corrected chi connectivity index (χ4v) is 2.61. The molecule has 7 heteroatoms. The number of amides is 1. The Labute approximate surface area is 162 Å². The van der Waals surface area contributed by atoms with Gasteiger partial charge in [0.25, 0.3) is 5.91 Å². The van der Waals surface area contributed by atoms with Crippen molar-refractivity contribution >= 4 is 40.8 Å². The first-order chi connectivity index (χ1) is 12.4. The number of anilines is 1. The molecule has 2 aromatic rings. The molecule has 1 amide bonds. The molecule has 0 saturated carbocycles. The van der Waals surface area contributed by atoms with Crippen molar-refractivity contribution in [2.75, 3.05) is 11.9 Å². The predicted molar refractivity (Wildman–Crippen MR) is 102 cm³/mol. The molecule has 0 radical (unpaired) electrons. The van der Waals surface area contributed by atoms with Crippen LogP contribution in [-0.4, -0.2) is 24.6 Å². The summed E-state index contributed by atoms with van der Waals surface area (Å²) in [5.74, 6) is -0.348. The van der Waals surface area contributed by atoms with Crippen LogP contribution >= 0.6 is 23.2 Å². The molecule has 0 heterocycles. The molecule has 26 heavy (non-hydrogen) atoms. The van der Waals surface area contributed by atoms with Crippen molar-refractivity contribution in [3.8, 4) is 5.75 Å². The van der Waals surface area contributed by atoms with E-state index in [2.05, 4.69) is 5.32 Å². The minimum absolute atomic E-state index is 0.0266. The highest BCUT2D eigenvalue weighted by Gasteiger charge is 2.20. The van der Waals surface area contributed by atoms with E-state index >= 15 is 0 Å². The number of benzene rings is 2. The van der Waals surface area contributed by atoms with Crippen LogP contribution in [0.15, 0.2) is 42.5 Å². The van der Waals surface area contributed by atoms with Crippen molar-refractivity contribution in [1.82, 2.24) is 0 Å². The standard InChI is InChI=1S/C19H19Cl2NO4/c1-12-6-3-4-9-16(12)25-11-10-17(23)26-13(2)19(24)22-18-14(20)7-5-8-15(18)21/h3-9,13H,10-11H2,1-2H3,(H,22,24)/t13-/m0/s1. The van der Waals surface area contributed by atoms with Gasteiger partial charge < -0.3 is 14.8 Å². The van der Waals surface area contributed by atoms with E-state index in [1.807, 2.05) is 31.2 Å². The Balaban J connectivity index is 1.81. The molecule has 138 valence electrons. The number of esters is 1. The number of para-hydroxylation sites is 2. The number of hydrogen-bond donors (Lipinski definition) is 1. The number of halogens is 2. The maximum absolute atomic E-state index is 12.2. The van der Waals surface area contributed by atoms with Gasteiger partial charge >= 0.3 is 5.97 Å². The van der Waals surface area contributed by atoms with Crippen molar-refractivity contribution in [2.24, 2.45) is 0 Å². The number of hydrogen-bond acceptors (Lipinski definition) is 4. The molecule has 2 rings (SSSR count). The Morgan fingerprint density at radius 2 is 1.73 bits per heavy atom. The van der Waals surface area contributed by atoms with Crippen LogP contribution < -0.4 is 10.1 Å². The number of nitrogens with one attached hydrogen (secondary N) is 1. The van der Waals surface area contributed by atoms with Crippen LogP contribution in [0.3, 0.4) is 0 Å². The van der Waals surface area contributed by atoms with Gasteiger partial charge in [-0.25, -0.2) is 0 Å². The normalized spacial score (nSPS) is 11.5. The zero-order valence-corrected chi connectivity index (χ0v) is 15.9.